The van der Waals surface area contributed by atoms with Gasteiger partial charge in [-0.2, -0.15) is 10.2 Å². The molecule has 2 aliphatic rings. The van der Waals surface area contributed by atoms with E-state index in [2.05, 4.69) is 31.2 Å². The monoisotopic (exact) mass is 372 g/mol. The highest BCUT2D eigenvalue weighted by Crippen LogP contribution is 2.26. The summed E-state index contributed by atoms with van der Waals surface area (Å²) in [5.74, 6) is 0.386. The molecule has 0 saturated heterocycles. The topological polar surface area (TPSA) is 88.2 Å². The van der Waals surface area contributed by atoms with Crippen molar-refractivity contribution in [2.75, 3.05) is 13.2 Å². The van der Waals surface area contributed by atoms with Crippen molar-refractivity contribution in [2.45, 2.75) is 58.9 Å². The summed E-state index contributed by atoms with van der Waals surface area (Å²) in [6.07, 6.45) is 5.24. The number of nitrogens with zero attached hydrogens (tertiary/aromatic N) is 5. The van der Waals surface area contributed by atoms with E-state index in [1.54, 1.807) is 0 Å². The smallest absolute Gasteiger partial charge is 0.223 e. The van der Waals surface area contributed by atoms with E-state index in [0.717, 1.165) is 50.4 Å². The van der Waals surface area contributed by atoms with Gasteiger partial charge in [-0.25, -0.2) is 0 Å². The molecule has 1 amide bonds. The van der Waals surface area contributed by atoms with Crippen LogP contribution in [0.25, 0.3) is 0 Å². The van der Waals surface area contributed by atoms with E-state index in [1.807, 2.05) is 17.8 Å². The molecule has 1 fully saturated rings. The fourth-order valence-corrected chi connectivity index (χ4v) is 3.77. The van der Waals surface area contributed by atoms with E-state index >= 15 is 0 Å². The van der Waals surface area contributed by atoms with Crippen molar-refractivity contribution in [3.8, 4) is 0 Å². The first-order valence-electron chi connectivity index (χ1n) is 9.82. The Bertz CT molecular complexity index is 807. The fourth-order valence-electron chi connectivity index (χ4n) is 3.77. The molecule has 1 aliphatic carbocycles. The summed E-state index contributed by atoms with van der Waals surface area (Å²) in [6, 6.07) is 2.11. The first-order chi connectivity index (χ1) is 13.1. The van der Waals surface area contributed by atoms with Gasteiger partial charge in [-0.3, -0.25) is 19.1 Å². The molecular formula is C19H28N6O2. The number of carbonyl (C=O) groups excluding carboxylic acids is 1. The van der Waals surface area contributed by atoms with Gasteiger partial charge >= 0.3 is 0 Å². The van der Waals surface area contributed by atoms with Crippen molar-refractivity contribution in [3.05, 3.63) is 34.9 Å². The molecule has 1 aliphatic heterocycles. The summed E-state index contributed by atoms with van der Waals surface area (Å²) in [5, 5.41) is 21.2. The molecule has 0 unspecified atom stereocenters. The summed E-state index contributed by atoms with van der Waals surface area (Å²) >= 11 is 0. The zero-order valence-corrected chi connectivity index (χ0v) is 15.9. The molecular weight excluding hydrogens is 344 g/mol. The summed E-state index contributed by atoms with van der Waals surface area (Å²) in [4.78, 5) is 14.4. The van der Waals surface area contributed by atoms with Gasteiger partial charge in [0.05, 0.1) is 43.3 Å². The fraction of sp³-hybridized carbons (Fsp3) is 0.632. The normalized spacial score (nSPS) is 17.6. The highest BCUT2D eigenvalue weighted by Gasteiger charge is 2.25. The summed E-state index contributed by atoms with van der Waals surface area (Å²) < 4.78 is 3.87. The lowest BCUT2D eigenvalue weighted by Crippen LogP contribution is -2.34. The lowest BCUT2D eigenvalue weighted by atomic mass is 9.85. The van der Waals surface area contributed by atoms with Crippen LogP contribution in [0.1, 0.15) is 41.9 Å². The number of hydrogen-bond acceptors (Lipinski definition) is 5. The van der Waals surface area contributed by atoms with Crippen LogP contribution in [0.2, 0.25) is 0 Å². The van der Waals surface area contributed by atoms with Crippen LogP contribution < -0.4 is 5.32 Å². The first-order valence-corrected chi connectivity index (χ1v) is 9.82. The van der Waals surface area contributed by atoms with Gasteiger partial charge in [0.25, 0.3) is 0 Å². The Kier molecular flexibility index (Phi) is 5.27. The molecule has 0 aromatic carbocycles. The summed E-state index contributed by atoms with van der Waals surface area (Å²) in [6.45, 7) is 6.64. The van der Waals surface area contributed by atoms with Crippen LogP contribution in [0.5, 0.6) is 0 Å². The van der Waals surface area contributed by atoms with Crippen molar-refractivity contribution >= 4 is 5.91 Å². The van der Waals surface area contributed by atoms with Crippen LogP contribution in [0.15, 0.2) is 12.3 Å². The van der Waals surface area contributed by atoms with Crippen molar-refractivity contribution < 1.29 is 9.90 Å². The minimum atomic E-state index is 0.101. The number of amides is 1. The van der Waals surface area contributed by atoms with Crippen molar-refractivity contribution in [3.63, 3.8) is 0 Å². The van der Waals surface area contributed by atoms with Crippen molar-refractivity contribution in [1.82, 2.24) is 29.8 Å². The maximum absolute atomic E-state index is 12.0. The Balaban J connectivity index is 1.34. The van der Waals surface area contributed by atoms with Crippen molar-refractivity contribution in [1.29, 1.82) is 0 Å². The SMILES string of the molecule is Cc1nn(CCO)cc1CN1CCn2nc(CNC(=O)C3CCC3)cc2C1. The quantitative estimate of drug-likeness (QED) is 0.751. The van der Waals surface area contributed by atoms with Crippen LogP contribution in [0.3, 0.4) is 0 Å². The average molecular weight is 372 g/mol. The third-order valence-electron chi connectivity index (χ3n) is 5.62. The second-order valence-corrected chi connectivity index (χ2v) is 7.63. The van der Waals surface area contributed by atoms with Crippen LogP contribution in [0.4, 0.5) is 0 Å². The number of nitrogens with one attached hydrogen (secondary N) is 1. The number of aryl methyl sites for hydroxylation is 1. The Morgan fingerprint density at radius 3 is 2.93 bits per heavy atom. The van der Waals surface area contributed by atoms with Crippen molar-refractivity contribution in [2.24, 2.45) is 5.92 Å². The number of aliphatic hydroxyl groups is 1. The molecule has 0 atom stereocenters. The molecule has 2 aromatic heterocycles. The largest absolute Gasteiger partial charge is 0.394 e. The molecule has 27 heavy (non-hydrogen) atoms. The Hall–Kier alpha value is -2.19. The molecule has 8 heteroatoms. The molecule has 0 bridgehead atoms. The molecule has 8 nitrogen and oxygen atoms in total. The second-order valence-electron chi connectivity index (χ2n) is 7.63. The van der Waals surface area contributed by atoms with Crippen LogP contribution in [0, 0.1) is 12.8 Å². The van der Waals surface area contributed by atoms with Crippen LogP contribution in [-0.4, -0.2) is 48.6 Å². The zero-order chi connectivity index (χ0) is 18.8. The number of hydrogen-bond donors (Lipinski definition) is 2. The van der Waals surface area contributed by atoms with Gasteiger partial charge in [-0.1, -0.05) is 6.42 Å². The number of aromatic nitrogens is 4. The minimum absolute atomic E-state index is 0.101. The standard InChI is InChI=1S/C19H28N6O2/c1-14-16(12-24(21-14)7-8-26)11-23-5-6-25-18(13-23)9-17(22-25)10-20-19(27)15-3-2-4-15/h9,12,15,26H,2-8,10-11,13H2,1H3,(H,20,27). The maximum atomic E-state index is 12.0. The minimum Gasteiger partial charge on any atom is -0.394 e. The molecule has 146 valence electrons. The van der Waals surface area contributed by atoms with Gasteiger partial charge in [-0.15, -0.1) is 0 Å². The van der Waals surface area contributed by atoms with Gasteiger partial charge in [0.1, 0.15) is 0 Å². The lowest BCUT2D eigenvalue weighted by Gasteiger charge is -2.27. The molecule has 2 N–H and O–H groups in total. The Morgan fingerprint density at radius 2 is 2.19 bits per heavy atom. The third kappa shape index (κ3) is 4.06. The molecule has 0 radical (unpaired) electrons. The predicted molar refractivity (Wildman–Crippen MR) is 99.6 cm³/mol. The van der Waals surface area contributed by atoms with E-state index in [0.29, 0.717) is 13.1 Å². The molecule has 4 rings (SSSR count). The van der Waals surface area contributed by atoms with Gasteiger partial charge in [-0.05, 0) is 25.8 Å². The van der Waals surface area contributed by atoms with Crippen LogP contribution >= 0.6 is 0 Å². The van der Waals surface area contributed by atoms with Gasteiger partial charge in [0.15, 0.2) is 0 Å². The number of rotatable bonds is 7. The second kappa shape index (κ2) is 7.82. The molecule has 3 heterocycles. The van der Waals surface area contributed by atoms with E-state index < -0.39 is 0 Å². The van der Waals surface area contributed by atoms with Crippen LogP contribution in [-0.2, 0) is 37.5 Å². The van der Waals surface area contributed by atoms with E-state index in [-0.39, 0.29) is 18.4 Å². The van der Waals surface area contributed by atoms with Gasteiger partial charge in [0.2, 0.25) is 5.91 Å². The lowest BCUT2D eigenvalue weighted by molar-refractivity contribution is -0.127. The molecule has 0 spiro atoms. The third-order valence-corrected chi connectivity index (χ3v) is 5.62. The maximum Gasteiger partial charge on any atom is 0.223 e. The van der Waals surface area contributed by atoms with E-state index in [1.165, 1.54) is 17.7 Å². The zero-order valence-electron chi connectivity index (χ0n) is 15.9. The number of fused-ring (bicyclic) bond motifs is 1. The highest BCUT2D eigenvalue weighted by atomic mass is 16.3. The summed E-state index contributed by atoms with van der Waals surface area (Å²) in [5.41, 5.74) is 4.34. The predicted octanol–water partition coefficient (Wildman–Crippen LogP) is 0.812. The average Bonchev–Trinajstić information content (AvgIpc) is 3.14. The highest BCUT2D eigenvalue weighted by molar-refractivity contribution is 5.79. The Labute approximate surface area is 159 Å². The number of aliphatic hydroxyl groups excluding tert-OH is 1. The molecule has 2 aromatic rings. The van der Waals surface area contributed by atoms with Gasteiger partial charge in [0, 0.05) is 37.3 Å². The van der Waals surface area contributed by atoms with E-state index in [4.69, 9.17) is 5.11 Å². The number of carbonyl (C=O) groups is 1. The van der Waals surface area contributed by atoms with E-state index in [9.17, 15) is 4.79 Å². The Morgan fingerprint density at radius 1 is 1.33 bits per heavy atom. The first kappa shape index (κ1) is 18.2. The van der Waals surface area contributed by atoms with Gasteiger partial charge < -0.3 is 10.4 Å². The summed E-state index contributed by atoms with van der Waals surface area (Å²) in [7, 11) is 0. The molecule has 1 saturated carbocycles.